The highest BCUT2D eigenvalue weighted by Gasteiger charge is 2.21. The van der Waals surface area contributed by atoms with Crippen LogP contribution >= 0.6 is 0 Å². The Morgan fingerprint density at radius 3 is 2.80 bits per heavy atom. The van der Waals surface area contributed by atoms with Crippen LogP contribution in [-0.4, -0.2) is 70.4 Å². The Hall–Kier alpha value is -3.17. The van der Waals surface area contributed by atoms with E-state index >= 15 is 0 Å². The van der Waals surface area contributed by atoms with Crippen molar-refractivity contribution in [1.29, 1.82) is 0 Å². The number of anilines is 1. The number of likely N-dealkylation sites (N-methyl/N-ethyl adjacent to an activating group) is 1. The summed E-state index contributed by atoms with van der Waals surface area (Å²) in [4.78, 5) is 13.7. The van der Waals surface area contributed by atoms with Crippen molar-refractivity contribution in [2.24, 2.45) is 5.73 Å². The van der Waals surface area contributed by atoms with Crippen molar-refractivity contribution in [2.45, 2.75) is 13.0 Å². The summed E-state index contributed by atoms with van der Waals surface area (Å²) in [5.74, 6) is 2.14. The molecule has 0 amide bonds. The first kappa shape index (κ1) is 18.8. The Morgan fingerprint density at radius 1 is 1.17 bits per heavy atom. The van der Waals surface area contributed by atoms with Gasteiger partial charge in [0.05, 0.1) is 11.6 Å². The molecule has 4 aromatic heterocycles. The van der Waals surface area contributed by atoms with Crippen molar-refractivity contribution >= 4 is 22.4 Å². The van der Waals surface area contributed by atoms with Gasteiger partial charge in [-0.1, -0.05) is 0 Å². The minimum absolute atomic E-state index is 0.0689. The highest BCUT2D eigenvalue weighted by Crippen LogP contribution is 2.33. The summed E-state index contributed by atoms with van der Waals surface area (Å²) in [5.41, 5.74) is 8.06. The van der Waals surface area contributed by atoms with E-state index in [1.165, 1.54) is 0 Å². The third kappa shape index (κ3) is 3.46. The average Bonchev–Trinajstić information content (AvgIpc) is 3.36. The molecule has 5 rings (SSSR count). The number of fused-ring (bicyclic) bond motifs is 2. The predicted octanol–water partition coefficient (Wildman–Crippen LogP) is 2.02. The van der Waals surface area contributed by atoms with Gasteiger partial charge in [0.2, 0.25) is 5.88 Å². The minimum atomic E-state index is -0.0689. The number of piperazine rings is 1. The molecule has 0 spiro atoms. The number of nitrogens with zero attached hydrogens (tertiary/aromatic N) is 6. The van der Waals surface area contributed by atoms with Crippen LogP contribution in [0.2, 0.25) is 0 Å². The number of furan rings is 1. The van der Waals surface area contributed by atoms with E-state index in [0.717, 1.165) is 54.3 Å². The van der Waals surface area contributed by atoms with Crippen LogP contribution in [0.25, 0.3) is 28.1 Å². The van der Waals surface area contributed by atoms with Crippen LogP contribution < -0.4 is 15.4 Å². The highest BCUT2D eigenvalue weighted by atomic mass is 16.5. The van der Waals surface area contributed by atoms with E-state index in [0.29, 0.717) is 18.2 Å². The highest BCUT2D eigenvalue weighted by molar-refractivity contribution is 5.92. The third-order valence-electron chi connectivity index (χ3n) is 5.31. The summed E-state index contributed by atoms with van der Waals surface area (Å²) in [7, 11) is 2.14. The molecule has 0 radical (unpaired) electrons. The molecule has 0 saturated carbocycles. The molecule has 9 heteroatoms. The summed E-state index contributed by atoms with van der Waals surface area (Å²) in [6, 6.07) is 7.51. The predicted molar refractivity (Wildman–Crippen MR) is 115 cm³/mol. The van der Waals surface area contributed by atoms with Crippen LogP contribution in [0, 0.1) is 0 Å². The summed E-state index contributed by atoms with van der Waals surface area (Å²) >= 11 is 0. The second-order valence-electron chi connectivity index (χ2n) is 7.82. The molecule has 4 aromatic rings. The lowest BCUT2D eigenvalue weighted by Crippen LogP contribution is -2.44. The molecular weight excluding hydrogens is 382 g/mol. The van der Waals surface area contributed by atoms with E-state index in [1.54, 1.807) is 23.0 Å². The van der Waals surface area contributed by atoms with Crippen molar-refractivity contribution in [3.63, 3.8) is 0 Å². The standard InChI is InChI=1S/C21H25N7O2/c1-14(22)13-29-20-4-3-19-24-12-16(28(19)25-20)18-11-15-17(30-18)5-6-23-21(15)27-9-7-26(2)8-10-27/h3-6,11-12,14H,7-10,13,22H2,1-2H3/t14-/m0/s1. The van der Waals surface area contributed by atoms with E-state index < -0.39 is 0 Å². The lowest BCUT2D eigenvalue weighted by atomic mass is 10.2. The first-order valence-corrected chi connectivity index (χ1v) is 10.1. The maximum atomic E-state index is 6.17. The SMILES string of the molecule is C[C@H](N)COc1ccc2ncc(-c3cc4c(N5CCN(C)CC5)nccc4o3)n2n1. The zero-order chi connectivity index (χ0) is 20.7. The lowest BCUT2D eigenvalue weighted by Gasteiger charge is -2.33. The average molecular weight is 407 g/mol. The van der Waals surface area contributed by atoms with Crippen molar-refractivity contribution in [1.82, 2.24) is 24.5 Å². The summed E-state index contributed by atoms with van der Waals surface area (Å²) < 4.78 is 13.6. The molecular formula is C21H25N7O2. The molecule has 1 aliphatic heterocycles. The molecule has 2 N–H and O–H groups in total. The van der Waals surface area contributed by atoms with Gasteiger partial charge in [-0.3, -0.25) is 0 Å². The lowest BCUT2D eigenvalue weighted by molar-refractivity contribution is 0.281. The largest absolute Gasteiger partial charge is 0.475 e. The number of rotatable bonds is 5. The van der Waals surface area contributed by atoms with Gasteiger partial charge in [0.25, 0.3) is 0 Å². The fourth-order valence-corrected chi connectivity index (χ4v) is 3.66. The van der Waals surface area contributed by atoms with Crippen molar-refractivity contribution in [3.8, 4) is 17.3 Å². The zero-order valence-electron chi connectivity index (χ0n) is 17.2. The minimum Gasteiger partial charge on any atom is -0.475 e. The number of hydrogen-bond acceptors (Lipinski definition) is 8. The maximum absolute atomic E-state index is 6.17. The van der Waals surface area contributed by atoms with Crippen LogP contribution in [0.5, 0.6) is 5.88 Å². The van der Waals surface area contributed by atoms with Crippen LogP contribution in [0.4, 0.5) is 5.82 Å². The molecule has 156 valence electrons. The molecule has 0 unspecified atom stereocenters. The molecule has 30 heavy (non-hydrogen) atoms. The number of ether oxygens (including phenoxy) is 1. The van der Waals surface area contributed by atoms with Crippen molar-refractivity contribution < 1.29 is 9.15 Å². The maximum Gasteiger partial charge on any atom is 0.231 e. The van der Waals surface area contributed by atoms with Gasteiger partial charge < -0.3 is 24.7 Å². The normalized spacial score (nSPS) is 16.4. The second-order valence-corrected chi connectivity index (χ2v) is 7.82. The van der Waals surface area contributed by atoms with E-state index in [1.807, 2.05) is 25.1 Å². The first-order chi connectivity index (χ1) is 14.6. The summed E-state index contributed by atoms with van der Waals surface area (Å²) in [5, 5.41) is 5.56. The Balaban J connectivity index is 1.52. The fourth-order valence-electron chi connectivity index (χ4n) is 3.66. The number of hydrogen-bond donors (Lipinski definition) is 1. The third-order valence-corrected chi connectivity index (χ3v) is 5.31. The molecule has 0 aliphatic carbocycles. The van der Waals surface area contributed by atoms with Crippen molar-refractivity contribution in [3.05, 3.63) is 36.7 Å². The van der Waals surface area contributed by atoms with Gasteiger partial charge in [-0.25, -0.2) is 14.5 Å². The van der Waals surface area contributed by atoms with Crippen LogP contribution in [0.15, 0.2) is 41.1 Å². The molecule has 1 atom stereocenters. The van der Waals surface area contributed by atoms with Gasteiger partial charge in [-0.2, -0.15) is 0 Å². The Kier molecular flexibility index (Phi) is 4.76. The number of nitrogens with two attached hydrogens (primary N) is 1. The molecule has 0 aromatic carbocycles. The van der Waals surface area contributed by atoms with E-state index in [9.17, 15) is 0 Å². The summed E-state index contributed by atoms with van der Waals surface area (Å²) in [6.07, 6.45) is 3.56. The van der Waals surface area contributed by atoms with Crippen LogP contribution in [-0.2, 0) is 0 Å². The molecule has 1 saturated heterocycles. The molecule has 9 nitrogen and oxygen atoms in total. The second kappa shape index (κ2) is 7.58. The molecule has 1 aliphatic rings. The van der Waals surface area contributed by atoms with Gasteiger partial charge in [0.1, 0.15) is 23.7 Å². The van der Waals surface area contributed by atoms with Gasteiger partial charge in [0.15, 0.2) is 11.4 Å². The van der Waals surface area contributed by atoms with Gasteiger partial charge in [-0.15, -0.1) is 5.10 Å². The number of aromatic nitrogens is 4. The summed E-state index contributed by atoms with van der Waals surface area (Å²) in [6.45, 7) is 6.21. The van der Waals surface area contributed by atoms with Crippen LogP contribution in [0.1, 0.15) is 6.92 Å². The van der Waals surface area contributed by atoms with Gasteiger partial charge in [0, 0.05) is 44.5 Å². The fraction of sp³-hybridized carbons (Fsp3) is 0.381. The van der Waals surface area contributed by atoms with E-state index in [-0.39, 0.29) is 6.04 Å². The zero-order valence-corrected chi connectivity index (χ0v) is 17.2. The van der Waals surface area contributed by atoms with E-state index in [4.69, 9.17) is 14.9 Å². The molecule has 5 heterocycles. The smallest absolute Gasteiger partial charge is 0.231 e. The monoisotopic (exact) mass is 407 g/mol. The Morgan fingerprint density at radius 2 is 2.00 bits per heavy atom. The molecule has 0 bridgehead atoms. The first-order valence-electron chi connectivity index (χ1n) is 10.1. The Labute approximate surface area is 174 Å². The number of pyridine rings is 1. The Bertz CT molecular complexity index is 1170. The topological polar surface area (TPSA) is 98.0 Å². The van der Waals surface area contributed by atoms with Crippen LogP contribution in [0.3, 0.4) is 0 Å². The van der Waals surface area contributed by atoms with Gasteiger partial charge in [-0.05, 0) is 32.2 Å². The quantitative estimate of drug-likeness (QED) is 0.537. The number of imidazole rings is 1. The van der Waals surface area contributed by atoms with Crippen molar-refractivity contribution in [2.75, 3.05) is 44.7 Å². The van der Waals surface area contributed by atoms with Gasteiger partial charge >= 0.3 is 0 Å². The molecule has 1 fully saturated rings. The van der Waals surface area contributed by atoms with E-state index in [2.05, 4.69) is 31.9 Å².